The SMILES string of the molecule is C[C@H]1O[C@@H](O[C@H]2[C@@H](Oc3cc(O)c4c(c3)O[C@H](c3ccc(O)cc3)CC4=O)O[C@@H](CO)[C@@H](O)[C@H]2O)[C@H](O)[C@H](O)[C@H]1O. The molecule has 0 amide bonds. The number of ketones is 1. The Hall–Kier alpha value is -3.05. The van der Waals surface area contributed by atoms with Crippen molar-refractivity contribution in [3.63, 3.8) is 0 Å². The number of rotatable bonds is 6. The first-order valence-electron chi connectivity index (χ1n) is 13.0. The summed E-state index contributed by atoms with van der Waals surface area (Å²) in [5, 5.41) is 81.6. The first-order chi connectivity index (χ1) is 19.5. The van der Waals surface area contributed by atoms with E-state index >= 15 is 0 Å². The summed E-state index contributed by atoms with van der Waals surface area (Å²) in [5.41, 5.74) is 0.529. The lowest BCUT2D eigenvalue weighted by atomic mass is 9.95. The van der Waals surface area contributed by atoms with E-state index in [0.717, 1.165) is 6.07 Å². The lowest BCUT2D eigenvalue weighted by Gasteiger charge is -2.45. The number of aliphatic hydroxyl groups is 6. The fourth-order valence-electron chi connectivity index (χ4n) is 5.07. The molecule has 14 nitrogen and oxygen atoms in total. The summed E-state index contributed by atoms with van der Waals surface area (Å²) in [5.74, 6) is -0.947. The molecule has 2 fully saturated rings. The summed E-state index contributed by atoms with van der Waals surface area (Å²) < 4.78 is 28.6. The summed E-state index contributed by atoms with van der Waals surface area (Å²) in [7, 11) is 0. The molecule has 2 aromatic carbocycles. The van der Waals surface area contributed by atoms with Crippen LogP contribution in [0.2, 0.25) is 0 Å². The van der Waals surface area contributed by atoms with Gasteiger partial charge >= 0.3 is 0 Å². The summed E-state index contributed by atoms with van der Waals surface area (Å²) in [6.45, 7) is 0.716. The molecule has 2 aromatic rings. The number of benzene rings is 2. The van der Waals surface area contributed by atoms with Gasteiger partial charge in [-0.2, -0.15) is 0 Å². The Bertz CT molecular complexity index is 1240. The maximum absolute atomic E-state index is 12.9. The van der Waals surface area contributed by atoms with Crippen LogP contribution in [0, 0.1) is 0 Å². The van der Waals surface area contributed by atoms with Crippen LogP contribution in [0.3, 0.4) is 0 Å². The van der Waals surface area contributed by atoms with Crippen molar-refractivity contribution >= 4 is 5.78 Å². The van der Waals surface area contributed by atoms with Gasteiger partial charge in [-0.1, -0.05) is 12.1 Å². The molecule has 11 atom stereocenters. The van der Waals surface area contributed by atoms with E-state index in [9.17, 15) is 45.6 Å². The van der Waals surface area contributed by atoms with Crippen LogP contribution in [-0.2, 0) is 14.2 Å². The zero-order valence-corrected chi connectivity index (χ0v) is 21.8. The van der Waals surface area contributed by atoms with Gasteiger partial charge in [0.25, 0.3) is 0 Å². The molecule has 3 heterocycles. The normalized spacial score (nSPS) is 37.2. The van der Waals surface area contributed by atoms with Crippen molar-refractivity contribution in [2.24, 2.45) is 0 Å². The first-order valence-corrected chi connectivity index (χ1v) is 13.0. The Morgan fingerprint density at radius 2 is 1.59 bits per heavy atom. The minimum atomic E-state index is -1.75. The quantitative estimate of drug-likeness (QED) is 0.202. The summed E-state index contributed by atoms with van der Waals surface area (Å²) in [6, 6.07) is 8.50. The van der Waals surface area contributed by atoms with Gasteiger partial charge < -0.3 is 64.5 Å². The average molecular weight is 581 g/mol. The standard InChI is InChI=1S/C27H32O14/c1-10-20(32)22(34)24(36)26(37-10)41-25-23(35)21(33)18(9-28)40-27(25)38-13-6-14(30)19-15(31)8-16(39-17(19)7-13)11-2-4-12(29)5-3-11/h2-7,10,16,18,20-30,32-36H,8-9H2,1H3/t10-,16+,18+,20+,21-,22-,23-,24-,25-,26+,27+/m1/s1. The first kappa shape index (κ1) is 29.4. The molecule has 224 valence electrons. The highest BCUT2D eigenvalue weighted by molar-refractivity contribution is 6.02. The Balaban J connectivity index is 1.41. The van der Waals surface area contributed by atoms with Gasteiger partial charge in [-0.05, 0) is 24.6 Å². The Morgan fingerprint density at radius 1 is 0.878 bits per heavy atom. The van der Waals surface area contributed by atoms with Gasteiger partial charge in [0, 0.05) is 12.1 Å². The minimum Gasteiger partial charge on any atom is -0.508 e. The average Bonchev–Trinajstić information content (AvgIpc) is 2.94. The number of Topliss-reactive ketones (excluding diaryl/α,β-unsaturated/α-hetero) is 1. The molecule has 0 aliphatic carbocycles. The molecule has 3 aliphatic heterocycles. The van der Waals surface area contributed by atoms with Gasteiger partial charge in [0.05, 0.1) is 19.1 Å². The number of hydrogen-bond donors (Lipinski definition) is 8. The van der Waals surface area contributed by atoms with Crippen molar-refractivity contribution in [1.29, 1.82) is 0 Å². The summed E-state index contributed by atoms with van der Waals surface area (Å²) in [4.78, 5) is 12.9. The third kappa shape index (κ3) is 5.70. The van der Waals surface area contributed by atoms with Gasteiger partial charge in [-0.15, -0.1) is 0 Å². The highest BCUT2D eigenvalue weighted by Gasteiger charge is 2.51. The molecule has 5 rings (SSSR count). The predicted molar refractivity (Wildman–Crippen MR) is 134 cm³/mol. The van der Waals surface area contributed by atoms with Crippen molar-refractivity contribution in [1.82, 2.24) is 0 Å². The van der Waals surface area contributed by atoms with Gasteiger partial charge in [-0.25, -0.2) is 0 Å². The number of ether oxygens (including phenoxy) is 5. The number of carbonyl (C=O) groups excluding carboxylic acids is 1. The molecule has 0 spiro atoms. The number of fused-ring (bicyclic) bond motifs is 1. The third-order valence-corrected chi connectivity index (χ3v) is 7.42. The molecule has 0 aromatic heterocycles. The van der Waals surface area contributed by atoms with Crippen molar-refractivity contribution in [3.05, 3.63) is 47.5 Å². The van der Waals surface area contributed by atoms with Crippen LogP contribution >= 0.6 is 0 Å². The molecule has 0 radical (unpaired) electrons. The topological polar surface area (TPSA) is 225 Å². The maximum atomic E-state index is 12.9. The summed E-state index contributed by atoms with van der Waals surface area (Å²) >= 11 is 0. The zero-order valence-electron chi connectivity index (χ0n) is 21.8. The van der Waals surface area contributed by atoms with Crippen LogP contribution in [-0.4, -0.2) is 115 Å². The number of phenols is 2. The van der Waals surface area contributed by atoms with Crippen molar-refractivity contribution < 1.29 is 69.3 Å². The molecule has 0 saturated carbocycles. The van der Waals surface area contributed by atoms with E-state index in [-0.39, 0.29) is 29.2 Å². The fourth-order valence-corrected chi connectivity index (χ4v) is 5.07. The number of aromatic hydroxyl groups is 2. The minimum absolute atomic E-state index is 0.0149. The zero-order chi connectivity index (χ0) is 29.6. The Morgan fingerprint density at radius 3 is 2.27 bits per heavy atom. The third-order valence-electron chi connectivity index (χ3n) is 7.42. The van der Waals surface area contributed by atoms with Crippen molar-refractivity contribution in [2.75, 3.05) is 6.61 Å². The van der Waals surface area contributed by atoms with Gasteiger partial charge in [0.1, 0.15) is 71.3 Å². The predicted octanol–water partition coefficient (Wildman–Crippen LogP) is -1.17. The van der Waals surface area contributed by atoms with Crippen LogP contribution in [0.5, 0.6) is 23.0 Å². The molecule has 0 unspecified atom stereocenters. The molecule has 3 aliphatic rings. The maximum Gasteiger partial charge on any atom is 0.229 e. The van der Waals surface area contributed by atoms with Gasteiger partial charge in [0.2, 0.25) is 6.29 Å². The highest BCUT2D eigenvalue weighted by Crippen LogP contribution is 2.43. The van der Waals surface area contributed by atoms with E-state index in [0.29, 0.717) is 5.56 Å². The Kier molecular flexibility index (Phi) is 8.39. The molecule has 2 saturated heterocycles. The lowest BCUT2D eigenvalue weighted by Crippen LogP contribution is -2.64. The van der Waals surface area contributed by atoms with E-state index in [4.69, 9.17) is 23.7 Å². The number of phenolic OH excluding ortho intramolecular Hbond substituents is 2. The smallest absolute Gasteiger partial charge is 0.229 e. The summed E-state index contributed by atoms with van der Waals surface area (Å²) in [6.07, 6.45) is -16.0. The molecule has 14 heteroatoms. The number of aliphatic hydroxyl groups excluding tert-OH is 6. The van der Waals surface area contributed by atoms with Gasteiger partial charge in [0.15, 0.2) is 18.2 Å². The van der Waals surface area contributed by atoms with E-state index in [1.807, 2.05) is 0 Å². The molecule has 8 N–H and O–H groups in total. The second-order valence-electron chi connectivity index (χ2n) is 10.2. The second kappa shape index (κ2) is 11.7. The molecular formula is C27H32O14. The fraction of sp³-hybridized carbons (Fsp3) is 0.519. The Labute approximate surface area is 233 Å². The van der Waals surface area contributed by atoms with Crippen LogP contribution in [0.25, 0.3) is 0 Å². The molecule has 41 heavy (non-hydrogen) atoms. The largest absolute Gasteiger partial charge is 0.508 e. The second-order valence-corrected chi connectivity index (χ2v) is 10.2. The monoisotopic (exact) mass is 580 g/mol. The van der Waals surface area contributed by atoms with Crippen LogP contribution in [0.1, 0.15) is 35.4 Å². The van der Waals surface area contributed by atoms with E-state index in [1.165, 1.54) is 25.1 Å². The van der Waals surface area contributed by atoms with E-state index < -0.39 is 85.7 Å². The lowest BCUT2D eigenvalue weighted by molar-refractivity contribution is -0.354. The molecular weight excluding hydrogens is 548 g/mol. The highest BCUT2D eigenvalue weighted by atomic mass is 16.8. The number of hydrogen-bond acceptors (Lipinski definition) is 14. The molecule has 0 bridgehead atoms. The van der Waals surface area contributed by atoms with Gasteiger partial charge in [-0.3, -0.25) is 4.79 Å². The van der Waals surface area contributed by atoms with Crippen LogP contribution in [0.15, 0.2) is 36.4 Å². The number of carbonyl (C=O) groups is 1. The van der Waals surface area contributed by atoms with Crippen LogP contribution < -0.4 is 9.47 Å². The van der Waals surface area contributed by atoms with Crippen molar-refractivity contribution in [2.45, 2.75) is 80.9 Å². The van der Waals surface area contributed by atoms with E-state index in [1.54, 1.807) is 12.1 Å². The van der Waals surface area contributed by atoms with E-state index in [2.05, 4.69) is 0 Å². The van der Waals surface area contributed by atoms with Crippen molar-refractivity contribution in [3.8, 4) is 23.0 Å². The van der Waals surface area contributed by atoms with Crippen LogP contribution in [0.4, 0.5) is 0 Å².